The molecule has 1 saturated heterocycles. The monoisotopic (exact) mass is 307 g/mol. The first kappa shape index (κ1) is 14.8. The zero-order valence-electron chi connectivity index (χ0n) is 11.0. The number of sulfonamides is 1. The van der Waals surface area contributed by atoms with Crippen molar-refractivity contribution in [3.05, 3.63) is 11.5 Å². The summed E-state index contributed by atoms with van der Waals surface area (Å²) in [6.45, 7) is 2.02. The molecule has 1 aromatic heterocycles. The van der Waals surface area contributed by atoms with Crippen LogP contribution in [0.4, 0.5) is 0 Å². The van der Waals surface area contributed by atoms with E-state index in [1.165, 1.54) is 15.1 Å². The molecule has 2 atom stereocenters. The van der Waals surface area contributed by atoms with Gasteiger partial charge in [0.1, 0.15) is 0 Å². The molecule has 0 aliphatic carbocycles. The Labute approximate surface area is 118 Å². The maximum atomic E-state index is 12.5. The number of halogens is 1. The lowest BCUT2D eigenvalue weighted by molar-refractivity contribution is 0.0830. The van der Waals surface area contributed by atoms with Gasteiger partial charge in [0.05, 0.1) is 12.1 Å². The van der Waals surface area contributed by atoms with Gasteiger partial charge in [0, 0.05) is 19.8 Å². The average molecular weight is 308 g/mol. The highest BCUT2D eigenvalue weighted by Crippen LogP contribution is 2.27. The third-order valence-corrected chi connectivity index (χ3v) is 5.57. The molecular formula is C11H18ClN3O3S. The molecule has 2 unspecified atom stereocenters. The second kappa shape index (κ2) is 5.40. The topological polar surface area (TPSA) is 75.4 Å². The Hall–Kier alpha value is -0.630. The van der Waals surface area contributed by atoms with Gasteiger partial charge < -0.3 is 9.67 Å². The molecule has 1 N–H and O–H groups in total. The molecule has 0 saturated carbocycles. The second-order valence-electron chi connectivity index (χ2n) is 4.88. The number of piperidine rings is 1. The van der Waals surface area contributed by atoms with Gasteiger partial charge >= 0.3 is 0 Å². The van der Waals surface area contributed by atoms with E-state index >= 15 is 0 Å². The van der Waals surface area contributed by atoms with E-state index in [1.807, 2.05) is 0 Å². The molecule has 0 amide bonds. The Kier molecular flexibility index (Phi) is 4.20. The summed E-state index contributed by atoms with van der Waals surface area (Å²) in [5, 5.41) is 9.83. The van der Waals surface area contributed by atoms with Crippen LogP contribution in [0, 0.1) is 0 Å². The van der Waals surface area contributed by atoms with E-state index in [0.717, 1.165) is 12.8 Å². The number of hydrogen-bond donors (Lipinski definition) is 1. The average Bonchev–Trinajstić information content (AvgIpc) is 2.70. The fourth-order valence-corrected chi connectivity index (χ4v) is 4.30. The molecule has 0 aromatic carbocycles. The predicted octanol–water partition coefficient (Wildman–Crippen LogP) is 0.998. The molecule has 1 fully saturated rings. The van der Waals surface area contributed by atoms with E-state index in [-0.39, 0.29) is 16.4 Å². The standard InChI is InChI=1S/C11H18ClN3O3S/c1-8(16)9-5-3-4-6-15(9)19(17,18)10-7-14(2)11(12)13-10/h7-9,16H,3-6H2,1-2H3. The van der Waals surface area contributed by atoms with Gasteiger partial charge in [0.2, 0.25) is 5.28 Å². The van der Waals surface area contributed by atoms with Gasteiger partial charge in [-0.25, -0.2) is 13.4 Å². The number of rotatable bonds is 3. The first-order chi connectivity index (χ1) is 8.84. The van der Waals surface area contributed by atoms with Crippen LogP contribution in [-0.4, -0.2) is 46.1 Å². The van der Waals surface area contributed by atoms with Gasteiger partial charge in [-0.3, -0.25) is 0 Å². The van der Waals surface area contributed by atoms with E-state index in [1.54, 1.807) is 14.0 Å². The smallest absolute Gasteiger partial charge is 0.262 e. The zero-order valence-corrected chi connectivity index (χ0v) is 12.5. The number of imidazole rings is 1. The van der Waals surface area contributed by atoms with Crippen molar-refractivity contribution in [3.63, 3.8) is 0 Å². The third-order valence-electron chi connectivity index (χ3n) is 3.43. The first-order valence-electron chi connectivity index (χ1n) is 6.23. The van der Waals surface area contributed by atoms with Crippen LogP contribution >= 0.6 is 11.6 Å². The number of aromatic nitrogens is 2. The van der Waals surface area contributed by atoms with E-state index in [0.29, 0.717) is 13.0 Å². The normalized spacial score (nSPS) is 23.5. The minimum atomic E-state index is -3.70. The van der Waals surface area contributed by atoms with E-state index in [2.05, 4.69) is 4.98 Å². The highest BCUT2D eigenvalue weighted by molar-refractivity contribution is 7.89. The van der Waals surface area contributed by atoms with Crippen molar-refractivity contribution in [2.75, 3.05) is 6.54 Å². The van der Waals surface area contributed by atoms with Gasteiger partial charge in [-0.1, -0.05) is 6.42 Å². The van der Waals surface area contributed by atoms with Crippen LogP contribution in [0.5, 0.6) is 0 Å². The largest absolute Gasteiger partial charge is 0.392 e. The quantitative estimate of drug-likeness (QED) is 0.904. The Morgan fingerprint density at radius 2 is 2.21 bits per heavy atom. The lowest BCUT2D eigenvalue weighted by Gasteiger charge is -2.35. The molecule has 19 heavy (non-hydrogen) atoms. The van der Waals surface area contributed by atoms with Gasteiger partial charge in [0.15, 0.2) is 5.03 Å². The molecule has 1 aliphatic rings. The lowest BCUT2D eigenvalue weighted by atomic mass is 10.0. The van der Waals surface area contributed by atoms with Crippen molar-refractivity contribution in [3.8, 4) is 0 Å². The van der Waals surface area contributed by atoms with Crippen LogP contribution in [-0.2, 0) is 17.1 Å². The minimum Gasteiger partial charge on any atom is -0.392 e. The summed E-state index contributed by atoms with van der Waals surface area (Å²) in [7, 11) is -2.07. The summed E-state index contributed by atoms with van der Waals surface area (Å²) in [5.74, 6) is 0. The fourth-order valence-electron chi connectivity index (χ4n) is 2.37. The maximum Gasteiger partial charge on any atom is 0.262 e. The summed E-state index contributed by atoms with van der Waals surface area (Å²) in [6.07, 6.45) is 3.07. The first-order valence-corrected chi connectivity index (χ1v) is 8.04. The summed E-state index contributed by atoms with van der Waals surface area (Å²) in [4.78, 5) is 3.87. The van der Waals surface area contributed by atoms with Crippen LogP contribution in [0.15, 0.2) is 11.2 Å². The molecule has 0 bridgehead atoms. The van der Waals surface area contributed by atoms with Crippen molar-refractivity contribution in [2.24, 2.45) is 7.05 Å². The van der Waals surface area contributed by atoms with Crippen molar-refractivity contribution in [2.45, 2.75) is 43.4 Å². The molecule has 108 valence electrons. The van der Waals surface area contributed by atoms with Gasteiger partial charge in [-0.05, 0) is 31.4 Å². The number of aryl methyl sites for hydroxylation is 1. The molecule has 1 aliphatic heterocycles. The Bertz CT molecular complexity index is 536. The van der Waals surface area contributed by atoms with E-state index in [4.69, 9.17) is 11.6 Å². The summed E-state index contributed by atoms with van der Waals surface area (Å²) in [5.41, 5.74) is 0. The van der Waals surface area contributed by atoms with Gasteiger partial charge in [-0.2, -0.15) is 4.31 Å². The highest BCUT2D eigenvalue weighted by Gasteiger charge is 2.37. The van der Waals surface area contributed by atoms with Gasteiger partial charge in [-0.15, -0.1) is 0 Å². The van der Waals surface area contributed by atoms with Crippen LogP contribution in [0.25, 0.3) is 0 Å². The Morgan fingerprint density at radius 3 is 2.74 bits per heavy atom. The second-order valence-corrected chi connectivity index (χ2v) is 7.05. The fraction of sp³-hybridized carbons (Fsp3) is 0.727. The Balaban J connectivity index is 2.37. The van der Waals surface area contributed by atoms with Crippen LogP contribution in [0.2, 0.25) is 5.28 Å². The van der Waals surface area contributed by atoms with Crippen LogP contribution in [0.3, 0.4) is 0 Å². The van der Waals surface area contributed by atoms with E-state index < -0.39 is 16.1 Å². The van der Waals surface area contributed by atoms with Crippen LogP contribution < -0.4 is 0 Å². The van der Waals surface area contributed by atoms with Crippen molar-refractivity contribution >= 4 is 21.6 Å². The maximum absolute atomic E-state index is 12.5. The molecule has 0 spiro atoms. The zero-order chi connectivity index (χ0) is 14.2. The minimum absolute atomic E-state index is 0.0625. The SMILES string of the molecule is CC(O)C1CCCCN1S(=O)(=O)c1cn(C)c(Cl)n1. The molecule has 0 radical (unpaired) electrons. The summed E-state index contributed by atoms with van der Waals surface area (Å²) >= 11 is 5.79. The Morgan fingerprint density at radius 1 is 1.53 bits per heavy atom. The lowest BCUT2D eigenvalue weighted by Crippen LogP contribution is -2.48. The summed E-state index contributed by atoms with van der Waals surface area (Å²) in [6, 6.07) is -0.389. The predicted molar refractivity (Wildman–Crippen MR) is 71.4 cm³/mol. The number of nitrogens with zero attached hydrogens (tertiary/aromatic N) is 3. The van der Waals surface area contributed by atoms with Crippen molar-refractivity contribution in [1.29, 1.82) is 0 Å². The van der Waals surface area contributed by atoms with Crippen molar-refractivity contribution < 1.29 is 13.5 Å². The van der Waals surface area contributed by atoms with Crippen molar-refractivity contribution in [1.82, 2.24) is 13.9 Å². The summed E-state index contributed by atoms with van der Waals surface area (Å²) < 4.78 is 27.9. The molecule has 2 heterocycles. The molecular weight excluding hydrogens is 290 g/mol. The molecule has 8 heteroatoms. The molecule has 1 aromatic rings. The van der Waals surface area contributed by atoms with Crippen LogP contribution in [0.1, 0.15) is 26.2 Å². The third kappa shape index (κ3) is 2.79. The van der Waals surface area contributed by atoms with E-state index in [9.17, 15) is 13.5 Å². The molecule has 6 nitrogen and oxygen atoms in total. The highest BCUT2D eigenvalue weighted by atomic mass is 35.5. The number of aliphatic hydroxyl groups excluding tert-OH is 1. The van der Waals surface area contributed by atoms with Gasteiger partial charge in [0.25, 0.3) is 10.0 Å². The number of aliphatic hydroxyl groups is 1. The molecule has 2 rings (SSSR count). The number of hydrogen-bond acceptors (Lipinski definition) is 4.